The van der Waals surface area contributed by atoms with E-state index in [1.807, 2.05) is 50.6 Å². The fraction of sp³-hybridized carbons (Fsp3) is 0.450. The van der Waals surface area contributed by atoms with E-state index < -0.39 is 0 Å². The Morgan fingerprint density at radius 2 is 1.68 bits per heavy atom. The smallest absolute Gasteiger partial charge is 0.176 e. The molecule has 0 radical (unpaired) electrons. The fourth-order valence-corrected chi connectivity index (χ4v) is 3.70. The molecule has 0 saturated carbocycles. The molecule has 1 aliphatic rings. The standard InChI is InChI=1S/C20H26N8/c1-13-12-20(22-16(4)21-13)27-9-7-17(8-10-27)23-18-5-6-19(25-24-18)28-15(3)11-14(2)26-28/h5-6,11-12,17H,7-10H2,1-4H3,(H,23,24). The van der Waals surface area contributed by atoms with Crippen molar-refractivity contribution in [2.45, 2.75) is 46.6 Å². The van der Waals surface area contributed by atoms with Gasteiger partial charge in [-0.2, -0.15) is 5.10 Å². The van der Waals surface area contributed by atoms with Crippen LogP contribution in [-0.2, 0) is 0 Å². The Kier molecular flexibility index (Phi) is 4.93. The molecular formula is C20H26N8. The number of nitrogens with one attached hydrogen (secondary N) is 1. The zero-order chi connectivity index (χ0) is 19.7. The van der Waals surface area contributed by atoms with Crippen LogP contribution >= 0.6 is 0 Å². The van der Waals surface area contributed by atoms with Gasteiger partial charge in [0.1, 0.15) is 17.5 Å². The first-order chi connectivity index (χ1) is 13.5. The number of aromatic nitrogens is 6. The van der Waals surface area contributed by atoms with Crippen LogP contribution in [0.3, 0.4) is 0 Å². The molecule has 0 atom stereocenters. The number of hydrogen-bond acceptors (Lipinski definition) is 7. The van der Waals surface area contributed by atoms with Gasteiger partial charge >= 0.3 is 0 Å². The Hall–Kier alpha value is -3.03. The first-order valence-corrected chi connectivity index (χ1v) is 9.69. The highest BCUT2D eigenvalue weighted by Gasteiger charge is 2.21. The summed E-state index contributed by atoms with van der Waals surface area (Å²) in [7, 11) is 0. The van der Waals surface area contributed by atoms with E-state index in [0.717, 1.165) is 66.3 Å². The highest BCUT2D eigenvalue weighted by atomic mass is 15.4. The summed E-state index contributed by atoms with van der Waals surface area (Å²) in [6.45, 7) is 9.88. The molecule has 3 aromatic rings. The van der Waals surface area contributed by atoms with Gasteiger partial charge in [-0.15, -0.1) is 10.2 Å². The molecule has 1 saturated heterocycles. The van der Waals surface area contributed by atoms with E-state index in [-0.39, 0.29) is 0 Å². The quantitative estimate of drug-likeness (QED) is 0.747. The largest absolute Gasteiger partial charge is 0.366 e. The summed E-state index contributed by atoms with van der Waals surface area (Å²) in [5, 5.41) is 16.6. The third-order valence-corrected chi connectivity index (χ3v) is 5.00. The molecule has 8 heteroatoms. The summed E-state index contributed by atoms with van der Waals surface area (Å²) in [6.07, 6.45) is 2.06. The summed E-state index contributed by atoms with van der Waals surface area (Å²) in [4.78, 5) is 11.3. The van der Waals surface area contributed by atoms with Crippen molar-refractivity contribution in [3.8, 4) is 5.82 Å². The molecule has 0 bridgehead atoms. The number of piperidine rings is 1. The van der Waals surface area contributed by atoms with E-state index in [4.69, 9.17) is 0 Å². The lowest BCUT2D eigenvalue weighted by Gasteiger charge is -2.33. The Morgan fingerprint density at radius 3 is 2.29 bits per heavy atom. The number of aryl methyl sites for hydroxylation is 4. The number of nitrogens with zero attached hydrogens (tertiary/aromatic N) is 7. The molecule has 0 unspecified atom stereocenters. The number of rotatable bonds is 4. The average Bonchev–Trinajstić information content (AvgIpc) is 3.00. The minimum atomic E-state index is 0.383. The second-order valence-electron chi connectivity index (χ2n) is 7.44. The van der Waals surface area contributed by atoms with Crippen molar-refractivity contribution in [1.29, 1.82) is 0 Å². The van der Waals surface area contributed by atoms with Gasteiger partial charge in [-0.05, 0) is 58.7 Å². The van der Waals surface area contributed by atoms with Crippen LogP contribution in [0.5, 0.6) is 0 Å². The minimum Gasteiger partial charge on any atom is -0.366 e. The molecule has 28 heavy (non-hydrogen) atoms. The van der Waals surface area contributed by atoms with Gasteiger partial charge in [-0.25, -0.2) is 14.6 Å². The van der Waals surface area contributed by atoms with E-state index in [0.29, 0.717) is 6.04 Å². The Bertz CT molecular complexity index is 935. The molecule has 1 N–H and O–H groups in total. The van der Waals surface area contributed by atoms with Gasteiger partial charge in [-0.3, -0.25) is 0 Å². The molecule has 0 aromatic carbocycles. The first kappa shape index (κ1) is 18.3. The molecule has 0 amide bonds. The molecule has 8 nitrogen and oxygen atoms in total. The lowest BCUT2D eigenvalue weighted by atomic mass is 10.1. The van der Waals surface area contributed by atoms with Crippen molar-refractivity contribution < 1.29 is 0 Å². The molecule has 0 aliphatic carbocycles. The Morgan fingerprint density at radius 1 is 0.893 bits per heavy atom. The average molecular weight is 378 g/mol. The predicted molar refractivity (Wildman–Crippen MR) is 109 cm³/mol. The van der Waals surface area contributed by atoms with Gasteiger partial charge < -0.3 is 10.2 Å². The summed E-state index contributed by atoms with van der Waals surface area (Å²) < 4.78 is 1.82. The van der Waals surface area contributed by atoms with Crippen LogP contribution in [0.15, 0.2) is 24.3 Å². The van der Waals surface area contributed by atoms with Crippen molar-refractivity contribution in [2.24, 2.45) is 0 Å². The number of anilines is 2. The van der Waals surface area contributed by atoms with Crippen LogP contribution < -0.4 is 10.2 Å². The van der Waals surface area contributed by atoms with Gasteiger partial charge in [0.25, 0.3) is 0 Å². The fourth-order valence-electron chi connectivity index (χ4n) is 3.70. The zero-order valence-corrected chi connectivity index (χ0v) is 16.8. The van der Waals surface area contributed by atoms with Crippen LogP contribution in [0.1, 0.15) is 35.7 Å². The van der Waals surface area contributed by atoms with Gasteiger partial charge in [-0.1, -0.05) is 0 Å². The minimum absolute atomic E-state index is 0.383. The maximum Gasteiger partial charge on any atom is 0.176 e. The molecule has 146 valence electrons. The second-order valence-corrected chi connectivity index (χ2v) is 7.44. The topological polar surface area (TPSA) is 84.7 Å². The van der Waals surface area contributed by atoms with Crippen LogP contribution in [0.2, 0.25) is 0 Å². The number of hydrogen-bond donors (Lipinski definition) is 1. The Labute approximate surface area is 165 Å². The summed E-state index contributed by atoms with van der Waals surface area (Å²) in [6, 6.07) is 8.40. The van der Waals surface area contributed by atoms with Gasteiger partial charge in [0.05, 0.1) is 5.69 Å². The summed E-state index contributed by atoms with van der Waals surface area (Å²) in [5.41, 5.74) is 3.04. The SMILES string of the molecule is Cc1cc(N2CCC(Nc3ccc(-n4nc(C)cc4C)nn3)CC2)nc(C)n1. The highest BCUT2D eigenvalue weighted by Crippen LogP contribution is 2.21. The van der Waals surface area contributed by atoms with Crippen LogP contribution in [0.4, 0.5) is 11.6 Å². The zero-order valence-electron chi connectivity index (χ0n) is 16.8. The van der Waals surface area contributed by atoms with Crippen molar-refractivity contribution in [3.63, 3.8) is 0 Å². The third kappa shape index (κ3) is 3.95. The van der Waals surface area contributed by atoms with E-state index in [1.54, 1.807) is 0 Å². The monoisotopic (exact) mass is 378 g/mol. The highest BCUT2D eigenvalue weighted by molar-refractivity contribution is 5.42. The lowest BCUT2D eigenvalue weighted by Crippen LogP contribution is -2.39. The van der Waals surface area contributed by atoms with Crippen LogP contribution in [-0.4, -0.2) is 49.1 Å². The molecule has 4 rings (SSSR count). The predicted octanol–water partition coefficient (Wildman–Crippen LogP) is 2.77. The van der Waals surface area contributed by atoms with E-state index >= 15 is 0 Å². The van der Waals surface area contributed by atoms with Gasteiger partial charge in [0.15, 0.2) is 5.82 Å². The lowest BCUT2D eigenvalue weighted by molar-refractivity contribution is 0.521. The molecular weight excluding hydrogens is 352 g/mol. The maximum absolute atomic E-state index is 4.58. The van der Waals surface area contributed by atoms with Crippen molar-refractivity contribution >= 4 is 11.6 Å². The second kappa shape index (κ2) is 7.53. The molecule has 1 fully saturated rings. The van der Waals surface area contributed by atoms with Crippen molar-refractivity contribution in [3.05, 3.63) is 47.2 Å². The molecule has 4 heterocycles. The maximum atomic E-state index is 4.58. The summed E-state index contributed by atoms with van der Waals surface area (Å²) >= 11 is 0. The van der Waals surface area contributed by atoms with Gasteiger partial charge in [0.2, 0.25) is 0 Å². The van der Waals surface area contributed by atoms with Crippen molar-refractivity contribution in [2.75, 3.05) is 23.3 Å². The van der Waals surface area contributed by atoms with E-state index in [2.05, 4.69) is 41.5 Å². The van der Waals surface area contributed by atoms with Crippen LogP contribution in [0, 0.1) is 27.7 Å². The third-order valence-electron chi connectivity index (χ3n) is 5.00. The van der Waals surface area contributed by atoms with E-state index in [9.17, 15) is 0 Å². The van der Waals surface area contributed by atoms with Gasteiger partial charge in [0, 0.05) is 36.6 Å². The Balaban J connectivity index is 1.36. The molecule has 1 aliphatic heterocycles. The first-order valence-electron chi connectivity index (χ1n) is 9.69. The van der Waals surface area contributed by atoms with Crippen molar-refractivity contribution in [1.82, 2.24) is 29.9 Å². The normalized spacial score (nSPS) is 15.1. The van der Waals surface area contributed by atoms with Crippen LogP contribution in [0.25, 0.3) is 5.82 Å². The van der Waals surface area contributed by atoms with E-state index in [1.165, 1.54) is 0 Å². The summed E-state index contributed by atoms with van der Waals surface area (Å²) in [5.74, 6) is 3.39. The molecule has 3 aromatic heterocycles. The molecule has 0 spiro atoms.